The highest BCUT2D eigenvalue weighted by Gasteiger charge is 2.30. The minimum atomic E-state index is -0.0976. The summed E-state index contributed by atoms with van der Waals surface area (Å²) in [6, 6.07) is -0.0976. The molecule has 2 aromatic heterocycles. The smallest absolute Gasteiger partial charge is 0.243 e. The van der Waals surface area contributed by atoms with E-state index in [0.717, 1.165) is 38.2 Å². The molecule has 3 rings (SSSR count). The molecule has 0 aliphatic carbocycles. The normalized spacial score (nSPS) is 18.2. The van der Waals surface area contributed by atoms with Crippen molar-refractivity contribution in [1.82, 2.24) is 25.1 Å². The maximum absolute atomic E-state index is 12.4. The Kier molecular flexibility index (Phi) is 4.79. The lowest BCUT2D eigenvalue weighted by molar-refractivity contribution is -0.121. The molecule has 0 radical (unpaired) electrons. The minimum Gasteiger partial charge on any atom is -0.301 e. The number of nitrogens with zero attached hydrogens (tertiary/aromatic N) is 4. The van der Waals surface area contributed by atoms with Crippen molar-refractivity contribution in [3.8, 4) is 0 Å². The largest absolute Gasteiger partial charge is 0.301 e. The first-order valence-electron chi connectivity index (χ1n) is 7.57. The zero-order valence-corrected chi connectivity index (χ0v) is 13.3. The van der Waals surface area contributed by atoms with Crippen LogP contribution < -0.4 is 5.32 Å². The predicted octanol–water partition coefficient (Wildman–Crippen LogP) is 1.86. The third-order valence-corrected chi connectivity index (χ3v) is 4.83. The van der Waals surface area contributed by atoms with Gasteiger partial charge in [0.05, 0.1) is 6.04 Å². The zero-order chi connectivity index (χ0) is 15.4. The van der Waals surface area contributed by atoms with Crippen LogP contribution in [0.15, 0.2) is 17.9 Å². The summed E-state index contributed by atoms with van der Waals surface area (Å²) in [6.07, 6.45) is 6.04. The number of H-pyrrole nitrogens is 1. The topological polar surface area (TPSA) is 86.8 Å². The lowest BCUT2D eigenvalue weighted by atomic mass is 9.94. The number of hydrogen-bond acceptors (Lipinski definition) is 6. The van der Waals surface area contributed by atoms with Crippen LogP contribution in [0, 0.1) is 0 Å². The molecule has 0 saturated carbocycles. The van der Waals surface area contributed by atoms with Gasteiger partial charge in [0.15, 0.2) is 5.13 Å². The molecule has 1 aliphatic rings. The lowest BCUT2D eigenvalue weighted by Gasteiger charge is -2.35. The van der Waals surface area contributed by atoms with Crippen LogP contribution in [0.3, 0.4) is 0 Å². The molecule has 22 heavy (non-hydrogen) atoms. The molecule has 0 bridgehead atoms. The van der Waals surface area contributed by atoms with Crippen LogP contribution in [0.5, 0.6) is 0 Å². The molecule has 0 aromatic carbocycles. The Balaban J connectivity index is 1.57. The maximum Gasteiger partial charge on any atom is 0.243 e. The number of aromatic nitrogens is 4. The summed E-state index contributed by atoms with van der Waals surface area (Å²) in [5.41, 5.74) is 0. The molecule has 118 valence electrons. The number of likely N-dealkylation sites (tertiary alicyclic amines) is 1. The number of carbonyl (C=O) groups is 1. The van der Waals surface area contributed by atoms with Gasteiger partial charge < -0.3 is 5.32 Å². The molecule has 7 nitrogen and oxygen atoms in total. The van der Waals surface area contributed by atoms with Crippen molar-refractivity contribution >= 4 is 22.4 Å². The summed E-state index contributed by atoms with van der Waals surface area (Å²) < 4.78 is 0. The predicted molar refractivity (Wildman–Crippen MR) is 84.8 cm³/mol. The van der Waals surface area contributed by atoms with Gasteiger partial charge in [0.2, 0.25) is 5.91 Å². The number of nitrogens with one attached hydrogen (secondary N) is 2. The molecule has 1 saturated heterocycles. The number of aromatic amines is 1. The van der Waals surface area contributed by atoms with Gasteiger partial charge in [0.25, 0.3) is 0 Å². The van der Waals surface area contributed by atoms with E-state index in [1.807, 2.05) is 5.38 Å². The summed E-state index contributed by atoms with van der Waals surface area (Å²) in [6.45, 7) is 3.85. The first kappa shape index (κ1) is 15.1. The molecule has 2 N–H and O–H groups in total. The first-order valence-corrected chi connectivity index (χ1v) is 8.45. The molecule has 0 spiro atoms. The fourth-order valence-corrected chi connectivity index (χ4v) is 3.51. The molecule has 8 heteroatoms. The Bertz CT molecular complexity index is 577. The van der Waals surface area contributed by atoms with Gasteiger partial charge in [-0.25, -0.2) is 9.97 Å². The third kappa shape index (κ3) is 3.33. The van der Waals surface area contributed by atoms with E-state index < -0.39 is 0 Å². The van der Waals surface area contributed by atoms with E-state index in [2.05, 4.69) is 37.3 Å². The lowest BCUT2D eigenvalue weighted by Crippen LogP contribution is -2.47. The molecular formula is C14H20N6OS. The van der Waals surface area contributed by atoms with E-state index in [1.54, 1.807) is 12.5 Å². The van der Waals surface area contributed by atoms with Crippen molar-refractivity contribution in [3.63, 3.8) is 0 Å². The highest BCUT2D eigenvalue weighted by molar-refractivity contribution is 7.13. The van der Waals surface area contributed by atoms with Crippen molar-refractivity contribution in [1.29, 1.82) is 0 Å². The van der Waals surface area contributed by atoms with E-state index in [4.69, 9.17) is 0 Å². The van der Waals surface area contributed by atoms with E-state index in [1.165, 1.54) is 11.3 Å². The maximum atomic E-state index is 12.4. The highest BCUT2D eigenvalue weighted by Crippen LogP contribution is 2.27. The summed E-state index contributed by atoms with van der Waals surface area (Å²) in [4.78, 5) is 23.1. The Morgan fingerprint density at radius 1 is 1.50 bits per heavy atom. The van der Waals surface area contributed by atoms with Crippen molar-refractivity contribution < 1.29 is 4.79 Å². The van der Waals surface area contributed by atoms with Gasteiger partial charge >= 0.3 is 0 Å². The standard InChI is InChI=1S/C14H20N6OS/c1-2-11(13(21)18-14-15-5-8-22-14)20-6-3-10(4-7-20)12-16-9-17-19-12/h5,8-11H,2-4,6-7H2,1H3,(H,15,18,21)(H,16,17,19). The second-order valence-electron chi connectivity index (χ2n) is 5.43. The van der Waals surface area contributed by atoms with Crippen molar-refractivity contribution in [2.75, 3.05) is 18.4 Å². The van der Waals surface area contributed by atoms with Crippen LogP contribution >= 0.6 is 11.3 Å². The minimum absolute atomic E-state index is 0.0376. The van der Waals surface area contributed by atoms with E-state index >= 15 is 0 Å². The van der Waals surface area contributed by atoms with Crippen LogP contribution in [0.1, 0.15) is 37.9 Å². The molecule has 1 amide bonds. The van der Waals surface area contributed by atoms with Crippen LogP contribution in [0.2, 0.25) is 0 Å². The number of amides is 1. The molecule has 1 fully saturated rings. The van der Waals surface area contributed by atoms with Gasteiger partial charge in [0, 0.05) is 17.5 Å². The van der Waals surface area contributed by atoms with Gasteiger partial charge in [-0.15, -0.1) is 11.3 Å². The number of piperidine rings is 1. The van der Waals surface area contributed by atoms with Crippen LogP contribution in [-0.4, -0.2) is 50.1 Å². The average Bonchev–Trinajstić information content (AvgIpc) is 3.22. The Hall–Kier alpha value is -1.80. The van der Waals surface area contributed by atoms with Crippen molar-refractivity contribution in [2.45, 2.75) is 38.1 Å². The molecule has 1 unspecified atom stereocenters. The number of rotatable bonds is 5. The summed E-state index contributed by atoms with van der Waals surface area (Å²) in [5, 5.41) is 12.3. The van der Waals surface area contributed by atoms with Gasteiger partial charge in [-0.2, -0.15) is 5.10 Å². The van der Waals surface area contributed by atoms with Gasteiger partial charge in [-0.1, -0.05) is 6.92 Å². The molecule has 1 atom stereocenters. The Morgan fingerprint density at radius 3 is 2.91 bits per heavy atom. The Morgan fingerprint density at radius 2 is 2.32 bits per heavy atom. The zero-order valence-electron chi connectivity index (χ0n) is 12.5. The van der Waals surface area contributed by atoms with Gasteiger partial charge in [0.1, 0.15) is 12.2 Å². The second-order valence-corrected chi connectivity index (χ2v) is 6.33. The van der Waals surface area contributed by atoms with E-state index in [0.29, 0.717) is 11.0 Å². The summed E-state index contributed by atoms with van der Waals surface area (Å²) in [5.74, 6) is 1.41. The SMILES string of the molecule is CCC(C(=O)Nc1nccs1)N1CCC(c2ncn[nH]2)CC1. The third-order valence-electron chi connectivity index (χ3n) is 4.14. The van der Waals surface area contributed by atoms with Gasteiger partial charge in [-0.05, 0) is 32.4 Å². The van der Waals surface area contributed by atoms with E-state index in [-0.39, 0.29) is 11.9 Å². The number of hydrogen-bond donors (Lipinski definition) is 2. The summed E-state index contributed by atoms with van der Waals surface area (Å²) >= 11 is 1.44. The number of anilines is 1. The average molecular weight is 320 g/mol. The van der Waals surface area contributed by atoms with Gasteiger partial charge in [-0.3, -0.25) is 14.8 Å². The second kappa shape index (κ2) is 6.97. The number of carbonyl (C=O) groups excluding carboxylic acids is 1. The Labute approximate surface area is 133 Å². The fourth-order valence-electron chi connectivity index (χ4n) is 2.98. The van der Waals surface area contributed by atoms with Crippen molar-refractivity contribution in [2.24, 2.45) is 0 Å². The number of thiazole rings is 1. The van der Waals surface area contributed by atoms with Crippen LogP contribution in [-0.2, 0) is 4.79 Å². The molecule has 1 aliphatic heterocycles. The highest BCUT2D eigenvalue weighted by atomic mass is 32.1. The molecular weight excluding hydrogens is 300 g/mol. The fraction of sp³-hybridized carbons (Fsp3) is 0.571. The monoisotopic (exact) mass is 320 g/mol. The quantitative estimate of drug-likeness (QED) is 0.878. The summed E-state index contributed by atoms with van der Waals surface area (Å²) in [7, 11) is 0. The van der Waals surface area contributed by atoms with Crippen LogP contribution in [0.4, 0.5) is 5.13 Å². The van der Waals surface area contributed by atoms with E-state index in [9.17, 15) is 4.79 Å². The van der Waals surface area contributed by atoms with Crippen molar-refractivity contribution in [3.05, 3.63) is 23.7 Å². The molecule has 2 aromatic rings. The molecule has 3 heterocycles. The van der Waals surface area contributed by atoms with Crippen LogP contribution in [0.25, 0.3) is 0 Å². The first-order chi connectivity index (χ1) is 10.8.